The summed E-state index contributed by atoms with van der Waals surface area (Å²) in [5.41, 5.74) is 2.91. The molecule has 0 spiro atoms. The van der Waals surface area contributed by atoms with E-state index in [0.717, 1.165) is 39.1 Å². The standard InChI is InChI=1S/C13H28N2O2/c1-2-16-10-4-7-12(15-14)6-3-8-13-9-5-11-17-13/h12-13,15H,2-11,14H2,1H3. The minimum absolute atomic E-state index is 0.428. The Balaban J connectivity index is 1.97. The normalized spacial score (nSPS) is 21.9. The SMILES string of the molecule is CCOCCCC(CCCC1CCCO1)NN. The van der Waals surface area contributed by atoms with Gasteiger partial charge in [0.25, 0.3) is 0 Å². The zero-order valence-corrected chi connectivity index (χ0v) is 11.1. The van der Waals surface area contributed by atoms with Crippen molar-refractivity contribution in [1.29, 1.82) is 0 Å². The van der Waals surface area contributed by atoms with E-state index in [1.54, 1.807) is 0 Å². The minimum Gasteiger partial charge on any atom is -0.382 e. The van der Waals surface area contributed by atoms with Crippen molar-refractivity contribution in [2.75, 3.05) is 19.8 Å². The van der Waals surface area contributed by atoms with E-state index in [4.69, 9.17) is 15.3 Å². The van der Waals surface area contributed by atoms with Crippen molar-refractivity contribution >= 4 is 0 Å². The fraction of sp³-hybridized carbons (Fsp3) is 1.00. The first kappa shape index (κ1) is 14.9. The Morgan fingerprint density at radius 2 is 2.24 bits per heavy atom. The average Bonchev–Trinajstić information content (AvgIpc) is 2.85. The van der Waals surface area contributed by atoms with Crippen LogP contribution in [0.15, 0.2) is 0 Å². The number of nitrogens with two attached hydrogens (primary N) is 1. The molecule has 0 aromatic heterocycles. The van der Waals surface area contributed by atoms with E-state index >= 15 is 0 Å². The van der Waals surface area contributed by atoms with Crippen molar-refractivity contribution in [1.82, 2.24) is 5.43 Å². The molecule has 0 aliphatic carbocycles. The monoisotopic (exact) mass is 244 g/mol. The zero-order valence-electron chi connectivity index (χ0n) is 11.1. The lowest BCUT2D eigenvalue weighted by Gasteiger charge is -2.16. The number of nitrogens with one attached hydrogen (secondary N) is 1. The van der Waals surface area contributed by atoms with Gasteiger partial charge in [-0.25, -0.2) is 0 Å². The quantitative estimate of drug-likeness (QED) is 0.350. The highest BCUT2D eigenvalue weighted by Gasteiger charge is 2.15. The lowest BCUT2D eigenvalue weighted by molar-refractivity contribution is 0.101. The minimum atomic E-state index is 0.428. The number of hydrogen-bond acceptors (Lipinski definition) is 4. The van der Waals surface area contributed by atoms with Crippen LogP contribution in [0, 0.1) is 0 Å². The van der Waals surface area contributed by atoms with Crippen LogP contribution in [0.25, 0.3) is 0 Å². The summed E-state index contributed by atoms with van der Waals surface area (Å²) < 4.78 is 10.9. The van der Waals surface area contributed by atoms with E-state index in [9.17, 15) is 0 Å². The number of ether oxygens (including phenoxy) is 2. The average molecular weight is 244 g/mol. The van der Waals surface area contributed by atoms with Gasteiger partial charge in [0.15, 0.2) is 0 Å². The Kier molecular flexibility index (Phi) is 8.61. The molecule has 0 amide bonds. The lowest BCUT2D eigenvalue weighted by Crippen LogP contribution is -2.35. The predicted octanol–water partition coefficient (Wildman–Crippen LogP) is 1.98. The third-order valence-corrected chi connectivity index (χ3v) is 3.38. The first-order valence-corrected chi connectivity index (χ1v) is 7.02. The molecule has 102 valence electrons. The predicted molar refractivity (Wildman–Crippen MR) is 69.7 cm³/mol. The van der Waals surface area contributed by atoms with Gasteiger partial charge < -0.3 is 9.47 Å². The van der Waals surface area contributed by atoms with Gasteiger partial charge >= 0.3 is 0 Å². The fourth-order valence-electron chi connectivity index (χ4n) is 2.35. The van der Waals surface area contributed by atoms with Crippen LogP contribution in [0.4, 0.5) is 0 Å². The van der Waals surface area contributed by atoms with Crippen LogP contribution in [-0.2, 0) is 9.47 Å². The number of hydrazine groups is 1. The molecule has 17 heavy (non-hydrogen) atoms. The number of rotatable bonds is 10. The molecule has 0 radical (unpaired) electrons. The Morgan fingerprint density at radius 1 is 1.41 bits per heavy atom. The second-order valence-electron chi connectivity index (χ2n) is 4.77. The Bertz CT molecular complexity index is 173. The second kappa shape index (κ2) is 9.83. The summed E-state index contributed by atoms with van der Waals surface area (Å²) in [4.78, 5) is 0. The van der Waals surface area contributed by atoms with Gasteiger partial charge in [-0.3, -0.25) is 11.3 Å². The lowest BCUT2D eigenvalue weighted by atomic mass is 10.0. The molecule has 1 heterocycles. The third kappa shape index (κ3) is 6.99. The molecule has 1 aliphatic heterocycles. The smallest absolute Gasteiger partial charge is 0.0576 e. The van der Waals surface area contributed by atoms with Crippen LogP contribution in [0.5, 0.6) is 0 Å². The van der Waals surface area contributed by atoms with Gasteiger partial charge in [-0.15, -0.1) is 0 Å². The molecule has 1 fully saturated rings. The highest BCUT2D eigenvalue weighted by molar-refractivity contribution is 4.68. The molecular weight excluding hydrogens is 216 g/mol. The van der Waals surface area contributed by atoms with Crippen molar-refractivity contribution in [3.05, 3.63) is 0 Å². The fourth-order valence-corrected chi connectivity index (χ4v) is 2.35. The first-order chi connectivity index (χ1) is 8.36. The van der Waals surface area contributed by atoms with Gasteiger partial charge in [-0.2, -0.15) is 0 Å². The summed E-state index contributed by atoms with van der Waals surface area (Å²) in [6.45, 7) is 4.64. The molecule has 1 rings (SSSR count). The van der Waals surface area contributed by atoms with Crippen LogP contribution in [-0.4, -0.2) is 32.0 Å². The van der Waals surface area contributed by atoms with E-state index < -0.39 is 0 Å². The molecule has 0 saturated carbocycles. The summed E-state index contributed by atoms with van der Waals surface area (Å²) in [5.74, 6) is 5.56. The van der Waals surface area contributed by atoms with Crippen LogP contribution in [0.1, 0.15) is 51.9 Å². The summed E-state index contributed by atoms with van der Waals surface area (Å²) in [6.07, 6.45) is 8.70. The van der Waals surface area contributed by atoms with Crippen LogP contribution < -0.4 is 11.3 Å². The molecule has 4 nitrogen and oxygen atoms in total. The Morgan fingerprint density at radius 3 is 2.88 bits per heavy atom. The second-order valence-corrected chi connectivity index (χ2v) is 4.77. The van der Waals surface area contributed by atoms with E-state index in [-0.39, 0.29) is 0 Å². The van der Waals surface area contributed by atoms with Crippen molar-refractivity contribution in [2.24, 2.45) is 5.84 Å². The maximum absolute atomic E-state index is 5.61. The molecule has 0 bridgehead atoms. The Hall–Kier alpha value is -0.160. The summed E-state index contributed by atoms with van der Waals surface area (Å²) in [7, 11) is 0. The van der Waals surface area contributed by atoms with E-state index in [1.807, 2.05) is 6.92 Å². The first-order valence-electron chi connectivity index (χ1n) is 7.02. The van der Waals surface area contributed by atoms with Crippen molar-refractivity contribution in [2.45, 2.75) is 64.0 Å². The molecule has 2 atom stereocenters. The van der Waals surface area contributed by atoms with Gasteiger partial charge in [0.05, 0.1) is 6.10 Å². The summed E-state index contributed by atoms with van der Waals surface area (Å²) in [5, 5.41) is 0. The van der Waals surface area contributed by atoms with Crippen LogP contribution in [0.3, 0.4) is 0 Å². The zero-order chi connectivity index (χ0) is 12.3. The van der Waals surface area contributed by atoms with Gasteiger partial charge in [-0.1, -0.05) is 0 Å². The molecule has 0 aromatic carbocycles. The molecule has 4 heteroatoms. The van der Waals surface area contributed by atoms with Crippen molar-refractivity contribution in [3.8, 4) is 0 Å². The molecule has 3 N–H and O–H groups in total. The van der Waals surface area contributed by atoms with Gasteiger partial charge in [0, 0.05) is 25.9 Å². The largest absolute Gasteiger partial charge is 0.382 e. The summed E-state index contributed by atoms with van der Waals surface area (Å²) in [6, 6.07) is 0.428. The molecular formula is C13H28N2O2. The maximum atomic E-state index is 5.61. The van der Waals surface area contributed by atoms with E-state index in [2.05, 4.69) is 5.43 Å². The van der Waals surface area contributed by atoms with E-state index in [1.165, 1.54) is 25.7 Å². The highest BCUT2D eigenvalue weighted by atomic mass is 16.5. The van der Waals surface area contributed by atoms with Crippen LogP contribution >= 0.6 is 0 Å². The topological polar surface area (TPSA) is 56.5 Å². The number of hydrogen-bond donors (Lipinski definition) is 2. The van der Waals surface area contributed by atoms with Gasteiger partial charge in [-0.05, 0) is 51.9 Å². The molecule has 1 saturated heterocycles. The highest BCUT2D eigenvalue weighted by Crippen LogP contribution is 2.18. The molecule has 0 aromatic rings. The molecule has 1 aliphatic rings. The van der Waals surface area contributed by atoms with Crippen molar-refractivity contribution < 1.29 is 9.47 Å². The maximum Gasteiger partial charge on any atom is 0.0576 e. The van der Waals surface area contributed by atoms with Crippen molar-refractivity contribution in [3.63, 3.8) is 0 Å². The third-order valence-electron chi connectivity index (χ3n) is 3.38. The Labute approximate surface area is 105 Å². The van der Waals surface area contributed by atoms with Gasteiger partial charge in [0.2, 0.25) is 0 Å². The molecule has 2 unspecified atom stereocenters. The van der Waals surface area contributed by atoms with Gasteiger partial charge in [0.1, 0.15) is 0 Å². The summed E-state index contributed by atoms with van der Waals surface area (Å²) >= 11 is 0. The van der Waals surface area contributed by atoms with Crippen LogP contribution in [0.2, 0.25) is 0 Å². The van der Waals surface area contributed by atoms with E-state index in [0.29, 0.717) is 12.1 Å².